The minimum atomic E-state index is 0.644. The van der Waals surface area contributed by atoms with Crippen molar-refractivity contribution >= 4 is 12.4 Å². The Bertz CT molecular complexity index is 378. The van der Waals surface area contributed by atoms with Crippen molar-refractivity contribution in [1.82, 2.24) is 4.98 Å². The van der Waals surface area contributed by atoms with Crippen molar-refractivity contribution in [3.8, 4) is 0 Å². The number of hydrogen-bond donors (Lipinski definition) is 0. The summed E-state index contributed by atoms with van der Waals surface area (Å²) in [6, 6.07) is 1.87. The van der Waals surface area contributed by atoms with Gasteiger partial charge in [-0.2, -0.15) is 0 Å². The Morgan fingerprint density at radius 1 is 1.12 bits per heavy atom. The summed E-state index contributed by atoms with van der Waals surface area (Å²) in [7, 11) is 0. The Balaban J connectivity index is 2.01. The predicted octanol–water partition coefficient (Wildman–Crippen LogP) is 3.49. The van der Waals surface area contributed by atoms with Gasteiger partial charge in [0.05, 0.1) is 0 Å². The first-order valence-electron chi connectivity index (χ1n) is 5.97. The minimum Gasteiger partial charge on any atom is -0.298 e. The zero-order chi connectivity index (χ0) is 11.2. The van der Waals surface area contributed by atoms with Gasteiger partial charge in [-0.05, 0) is 30.4 Å². The molecule has 0 aliphatic heterocycles. The molecular weight excluding hydrogens is 198 g/mol. The quantitative estimate of drug-likeness (QED) is 0.722. The van der Waals surface area contributed by atoms with Gasteiger partial charge in [0.2, 0.25) is 0 Å². The van der Waals surface area contributed by atoms with Crippen LogP contribution in [-0.4, -0.2) is 11.3 Å². The van der Waals surface area contributed by atoms with Crippen molar-refractivity contribution in [1.29, 1.82) is 0 Å². The van der Waals surface area contributed by atoms with E-state index >= 15 is 0 Å². The van der Waals surface area contributed by atoms with Gasteiger partial charge in [-0.3, -0.25) is 9.78 Å². The molecule has 2 rings (SSSR count). The van der Waals surface area contributed by atoms with Crippen LogP contribution in [0.3, 0.4) is 0 Å². The molecule has 1 aliphatic carbocycles. The van der Waals surface area contributed by atoms with E-state index in [0.29, 0.717) is 11.5 Å². The van der Waals surface area contributed by atoms with E-state index in [2.05, 4.69) is 17.1 Å². The highest BCUT2D eigenvalue weighted by Gasteiger charge is 2.09. The lowest BCUT2D eigenvalue weighted by Gasteiger charge is -2.17. The molecule has 84 valence electrons. The highest BCUT2D eigenvalue weighted by atomic mass is 16.1. The Labute approximate surface area is 96.4 Å². The summed E-state index contributed by atoms with van der Waals surface area (Å²) in [6.07, 6.45) is 15.3. The molecule has 16 heavy (non-hydrogen) atoms. The van der Waals surface area contributed by atoms with Gasteiger partial charge in [-0.1, -0.05) is 31.4 Å². The molecule has 1 aromatic heterocycles. The number of carbonyl (C=O) groups is 1. The standard InChI is InChI=1S/C14H17NO/c16-11-14-8-13(9-15-10-14)7-6-12-4-2-1-3-5-12/h6-12H,1-5H2. The van der Waals surface area contributed by atoms with E-state index in [0.717, 1.165) is 11.8 Å². The third-order valence-electron chi connectivity index (χ3n) is 3.13. The molecule has 0 radical (unpaired) electrons. The van der Waals surface area contributed by atoms with Crippen LogP contribution in [0, 0.1) is 5.92 Å². The third kappa shape index (κ3) is 3.02. The van der Waals surface area contributed by atoms with Crippen molar-refractivity contribution in [3.63, 3.8) is 0 Å². The smallest absolute Gasteiger partial charge is 0.151 e. The molecule has 1 aliphatic rings. The number of carbonyl (C=O) groups excluding carboxylic acids is 1. The molecule has 2 heteroatoms. The summed E-state index contributed by atoms with van der Waals surface area (Å²) in [5, 5.41) is 0. The summed E-state index contributed by atoms with van der Waals surface area (Å²) < 4.78 is 0. The zero-order valence-corrected chi connectivity index (χ0v) is 9.43. The highest BCUT2D eigenvalue weighted by Crippen LogP contribution is 2.25. The van der Waals surface area contributed by atoms with Crippen molar-refractivity contribution in [3.05, 3.63) is 35.7 Å². The van der Waals surface area contributed by atoms with E-state index in [1.807, 2.05) is 6.07 Å². The third-order valence-corrected chi connectivity index (χ3v) is 3.13. The SMILES string of the molecule is O=Cc1cncc(C=CC2CCCCC2)c1. The topological polar surface area (TPSA) is 30.0 Å². The molecule has 1 fully saturated rings. The van der Waals surface area contributed by atoms with Gasteiger partial charge in [0.15, 0.2) is 6.29 Å². The molecule has 0 spiro atoms. The average Bonchev–Trinajstić information content (AvgIpc) is 2.38. The summed E-state index contributed by atoms with van der Waals surface area (Å²) in [4.78, 5) is 14.6. The molecule has 0 bridgehead atoms. The lowest BCUT2D eigenvalue weighted by molar-refractivity contribution is 0.112. The van der Waals surface area contributed by atoms with Crippen molar-refractivity contribution < 1.29 is 4.79 Å². The Morgan fingerprint density at radius 2 is 1.88 bits per heavy atom. The van der Waals surface area contributed by atoms with E-state index in [1.165, 1.54) is 32.1 Å². The lowest BCUT2D eigenvalue weighted by Crippen LogP contribution is -2.02. The van der Waals surface area contributed by atoms with Crippen LogP contribution in [0.1, 0.15) is 48.0 Å². The maximum Gasteiger partial charge on any atom is 0.151 e. The second-order valence-electron chi connectivity index (χ2n) is 4.43. The molecule has 1 aromatic rings. The number of pyridine rings is 1. The summed E-state index contributed by atoms with van der Waals surface area (Å²) in [5.74, 6) is 0.716. The van der Waals surface area contributed by atoms with Crippen LogP contribution in [0.2, 0.25) is 0 Å². The van der Waals surface area contributed by atoms with Gasteiger partial charge >= 0.3 is 0 Å². The number of rotatable bonds is 3. The summed E-state index contributed by atoms with van der Waals surface area (Å²) in [5.41, 5.74) is 1.67. The normalized spacial score (nSPS) is 17.8. The van der Waals surface area contributed by atoms with Gasteiger partial charge in [-0.25, -0.2) is 0 Å². The van der Waals surface area contributed by atoms with E-state index < -0.39 is 0 Å². The van der Waals surface area contributed by atoms with Crippen molar-refractivity contribution in [2.75, 3.05) is 0 Å². The zero-order valence-electron chi connectivity index (χ0n) is 9.43. The van der Waals surface area contributed by atoms with Crippen molar-refractivity contribution in [2.24, 2.45) is 5.92 Å². The number of allylic oxidation sites excluding steroid dienone is 1. The largest absolute Gasteiger partial charge is 0.298 e. The monoisotopic (exact) mass is 215 g/mol. The Hall–Kier alpha value is -1.44. The van der Waals surface area contributed by atoms with E-state index in [9.17, 15) is 4.79 Å². The molecule has 0 N–H and O–H groups in total. The van der Waals surface area contributed by atoms with Crippen LogP contribution < -0.4 is 0 Å². The number of aromatic nitrogens is 1. The van der Waals surface area contributed by atoms with Crippen LogP contribution in [-0.2, 0) is 0 Å². The summed E-state index contributed by atoms with van der Waals surface area (Å²) in [6.45, 7) is 0. The minimum absolute atomic E-state index is 0.644. The van der Waals surface area contributed by atoms with Crippen LogP contribution in [0.25, 0.3) is 6.08 Å². The van der Waals surface area contributed by atoms with Gasteiger partial charge in [0.1, 0.15) is 0 Å². The maximum atomic E-state index is 10.6. The maximum absolute atomic E-state index is 10.6. The van der Waals surface area contributed by atoms with Gasteiger partial charge < -0.3 is 0 Å². The first kappa shape index (κ1) is 11.1. The molecular formula is C14H17NO. The van der Waals surface area contributed by atoms with Gasteiger partial charge in [0, 0.05) is 18.0 Å². The van der Waals surface area contributed by atoms with E-state index in [1.54, 1.807) is 12.4 Å². The second kappa shape index (κ2) is 5.59. The van der Waals surface area contributed by atoms with Crippen LogP contribution >= 0.6 is 0 Å². The fraction of sp³-hybridized carbons (Fsp3) is 0.429. The van der Waals surface area contributed by atoms with Crippen LogP contribution in [0.4, 0.5) is 0 Å². The summed E-state index contributed by atoms with van der Waals surface area (Å²) >= 11 is 0. The van der Waals surface area contributed by atoms with Gasteiger partial charge in [-0.15, -0.1) is 0 Å². The average molecular weight is 215 g/mol. The number of nitrogens with zero attached hydrogens (tertiary/aromatic N) is 1. The first-order chi connectivity index (χ1) is 7.88. The molecule has 1 heterocycles. The van der Waals surface area contributed by atoms with Crippen LogP contribution in [0.15, 0.2) is 24.5 Å². The molecule has 0 saturated heterocycles. The molecule has 0 unspecified atom stereocenters. The van der Waals surface area contributed by atoms with Crippen molar-refractivity contribution in [2.45, 2.75) is 32.1 Å². The highest BCUT2D eigenvalue weighted by molar-refractivity contribution is 5.75. The number of hydrogen-bond acceptors (Lipinski definition) is 2. The molecule has 2 nitrogen and oxygen atoms in total. The fourth-order valence-electron chi connectivity index (χ4n) is 2.21. The van der Waals surface area contributed by atoms with Gasteiger partial charge in [0.25, 0.3) is 0 Å². The molecule has 0 amide bonds. The molecule has 0 atom stereocenters. The second-order valence-corrected chi connectivity index (χ2v) is 4.43. The van der Waals surface area contributed by atoms with E-state index in [4.69, 9.17) is 0 Å². The molecule has 1 saturated carbocycles. The lowest BCUT2D eigenvalue weighted by atomic mass is 9.89. The predicted molar refractivity (Wildman–Crippen MR) is 65.2 cm³/mol. The van der Waals surface area contributed by atoms with Crippen LogP contribution in [0.5, 0.6) is 0 Å². The first-order valence-corrected chi connectivity index (χ1v) is 5.97. The Morgan fingerprint density at radius 3 is 2.62 bits per heavy atom. The number of aldehydes is 1. The Kier molecular flexibility index (Phi) is 3.86. The molecule has 0 aromatic carbocycles. The fourth-order valence-corrected chi connectivity index (χ4v) is 2.21. The van der Waals surface area contributed by atoms with E-state index in [-0.39, 0.29) is 0 Å².